The molecule has 156 valence electrons. The molecule has 30 heavy (non-hydrogen) atoms. The van der Waals surface area contributed by atoms with Gasteiger partial charge in [0.2, 0.25) is 6.79 Å². The standard InChI is InChI=1S/C23H22F2N2O3/c1-13-14(2)22(27(15(13)3)11-17-18(24)5-4-6-19(17)25)23(28)26-10-16-7-8-20-21(9-16)30-12-29-20/h4-9H,10-12H2,1-3H3,(H,26,28). The Balaban J connectivity index is 1.60. The SMILES string of the molecule is Cc1c(C)c(C(=O)NCc2ccc3c(c2)OCO3)n(Cc2c(F)cccc2F)c1C. The number of nitrogens with zero attached hydrogens (tertiary/aromatic N) is 1. The topological polar surface area (TPSA) is 52.5 Å². The molecule has 0 spiro atoms. The summed E-state index contributed by atoms with van der Waals surface area (Å²) in [5, 5.41) is 2.90. The zero-order valence-corrected chi connectivity index (χ0v) is 17.0. The van der Waals surface area contributed by atoms with Crippen molar-refractivity contribution in [1.29, 1.82) is 0 Å². The minimum atomic E-state index is -0.634. The van der Waals surface area contributed by atoms with Gasteiger partial charge in [0.25, 0.3) is 5.91 Å². The van der Waals surface area contributed by atoms with Gasteiger partial charge in [-0.25, -0.2) is 8.78 Å². The van der Waals surface area contributed by atoms with Crippen LogP contribution in [0.15, 0.2) is 36.4 Å². The molecule has 2 aromatic carbocycles. The van der Waals surface area contributed by atoms with Crippen molar-refractivity contribution in [2.24, 2.45) is 0 Å². The minimum Gasteiger partial charge on any atom is -0.454 e. The Morgan fingerprint density at radius 1 is 1.03 bits per heavy atom. The molecule has 1 aromatic heterocycles. The quantitative estimate of drug-likeness (QED) is 0.676. The van der Waals surface area contributed by atoms with E-state index in [1.165, 1.54) is 18.2 Å². The summed E-state index contributed by atoms with van der Waals surface area (Å²) in [6.07, 6.45) is 0. The summed E-state index contributed by atoms with van der Waals surface area (Å²) in [5.74, 6) is -0.260. The largest absolute Gasteiger partial charge is 0.454 e. The third-order valence-electron chi connectivity index (χ3n) is 5.62. The molecule has 3 aromatic rings. The number of carbonyl (C=O) groups is 1. The van der Waals surface area contributed by atoms with Crippen LogP contribution >= 0.6 is 0 Å². The zero-order valence-electron chi connectivity index (χ0n) is 17.0. The van der Waals surface area contributed by atoms with Gasteiger partial charge in [-0.3, -0.25) is 4.79 Å². The summed E-state index contributed by atoms with van der Waals surface area (Å²) >= 11 is 0. The van der Waals surface area contributed by atoms with Gasteiger partial charge in [-0.05, 0) is 61.7 Å². The Bertz CT molecular complexity index is 1120. The molecule has 1 aliphatic heterocycles. The van der Waals surface area contributed by atoms with Crippen molar-refractivity contribution < 1.29 is 23.0 Å². The van der Waals surface area contributed by atoms with Crippen LogP contribution in [0.4, 0.5) is 8.78 Å². The van der Waals surface area contributed by atoms with E-state index in [0.717, 1.165) is 22.4 Å². The van der Waals surface area contributed by atoms with Crippen LogP contribution in [0.25, 0.3) is 0 Å². The molecule has 0 bridgehead atoms. The monoisotopic (exact) mass is 412 g/mol. The maximum atomic E-state index is 14.2. The lowest BCUT2D eigenvalue weighted by atomic mass is 10.1. The Morgan fingerprint density at radius 2 is 1.73 bits per heavy atom. The molecule has 4 rings (SSSR count). The molecule has 2 heterocycles. The van der Waals surface area contributed by atoms with E-state index in [-0.39, 0.29) is 31.4 Å². The van der Waals surface area contributed by atoms with Gasteiger partial charge in [0, 0.05) is 17.8 Å². The van der Waals surface area contributed by atoms with Crippen LogP contribution < -0.4 is 14.8 Å². The van der Waals surface area contributed by atoms with Crippen LogP contribution in [0, 0.1) is 32.4 Å². The number of halogens is 2. The van der Waals surface area contributed by atoms with Crippen LogP contribution in [0.3, 0.4) is 0 Å². The van der Waals surface area contributed by atoms with Crippen molar-refractivity contribution in [3.63, 3.8) is 0 Å². The third kappa shape index (κ3) is 3.51. The van der Waals surface area contributed by atoms with Gasteiger partial charge in [-0.1, -0.05) is 12.1 Å². The molecular weight excluding hydrogens is 390 g/mol. The summed E-state index contributed by atoms with van der Waals surface area (Å²) in [5.41, 5.74) is 3.68. The molecule has 0 saturated heterocycles. The average molecular weight is 412 g/mol. The second-order valence-corrected chi connectivity index (χ2v) is 7.34. The second kappa shape index (κ2) is 7.82. The lowest BCUT2D eigenvalue weighted by Gasteiger charge is -2.14. The summed E-state index contributed by atoms with van der Waals surface area (Å²) in [6.45, 7) is 5.98. The molecule has 0 fully saturated rings. The highest BCUT2D eigenvalue weighted by Crippen LogP contribution is 2.32. The van der Waals surface area contributed by atoms with E-state index in [1.807, 2.05) is 32.9 Å². The highest BCUT2D eigenvalue weighted by molar-refractivity contribution is 5.95. The van der Waals surface area contributed by atoms with Gasteiger partial charge in [-0.15, -0.1) is 0 Å². The van der Waals surface area contributed by atoms with E-state index in [2.05, 4.69) is 5.32 Å². The molecule has 1 aliphatic rings. The number of hydrogen-bond donors (Lipinski definition) is 1. The fraction of sp³-hybridized carbons (Fsp3) is 0.261. The Hall–Kier alpha value is -3.35. The number of hydrogen-bond acceptors (Lipinski definition) is 3. The van der Waals surface area contributed by atoms with Crippen LogP contribution in [-0.2, 0) is 13.1 Å². The third-order valence-corrected chi connectivity index (χ3v) is 5.62. The summed E-state index contributed by atoms with van der Waals surface area (Å²) < 4.78 is 40.8. The molecule has 5 nitrogen and oxygen atoms in total. The zero-order chi connectivity index (χ0) is 21.4. The van der Waals surface area contributed by atoms with E-state index in [0.29, 0.717) is 17.2 Å². The number of carbonyl (C=O) groups excluding carboxylic acids is 1. The van der Waals surface area contributed by atoms with Crippen molar-refractivity contribution in [3.8, 4) is 11.5 Å². The predicted molar refractivity (Wildman–Crippen MR) is 108 cm³/mol. The van der Waals surface area contributed by atoms with E-state index in [4.69, 9.17) is 9.47 Å². The first kappa shape index (κ1) is 19.9. The predicted octanol–water partition coefficient (Wildman–Crippen LogP) is 4.40. The highest BCUT2D eigenvalue weighted by atomic mass is 19.1. The van der Waals surface area contributed by atoms with Gasteiger partial charge in [-0.2, -0.15) is 0 Å². The minimum absolute atomic E-state index is 0.0637. The molecule has 0 aliphatic carbocycles. The van der Waals surface area contributed by atoms with Gasteiger partial charge < -0.3 is 19.4 Å². The number of ether oxygens (including phenoxy) is 2. The molecule has 1 amide bonds. The average Bonchev–Trinajstić information content (AvgIpc) is 3.27. The Morgan fingerprint density at radius 3 is 2.47 bits per heavy atom. The van der Waals surface area contributed by atoms with E-state index < -0.39 is 11.6 Å². The maximum absolute atomic E-state index is 14.2. The van der Waals surface area contributed by atoms with Gasteiger partial charge >= 0.3 is 0 Å². The summed E-state index contributed by atoms with van der Waals surface area (Å²) in [4.78, 5) is 13.0. The van der Waals surface area contributed by atoms with Crippen LogP contribution in [-0.4, -0.2) is 17.3 Å². The fourth-order valence-corrected chi connectivity index (χ4v) is 3.67. The highest BCUT2D eigenvalue weighted by Gasteiger charge is 2.23. The number of benzene rings is 2. The number of nitrogens with one attached hydrogen (secondary N) is 1. The number of aromatic nitrogens is 1. The lowest BCUT2D eigenvalue weighted by molar-refractivity contribution is 0.0941. The first-order valence-corrected chi connectivity index (χ1v) is 9.62. The molecular formula is C23H22F2N2O3. The number of rotatable bonds is 5. The fourth-order valence-electron chi connectivity index (χ4n) is 3.67. The van der Waals surface area contributed by atoms with Gasteiger partial charge in [0.1, 0.15) is 17.3 Å². The van der Waals surface area contributed by atoms with Gasteiger partial charge in [0.05, 0.1) is 6.54 Å². The van der Waals surface area contributed by atoms with E-state index in [9.17, 15) is 13.6 Å². The van der Waals surface area contributed by atoms with Crippen molar-refractivity contribution in [2.45, 2.75) is 33.9 Å². The van der Waals surface area contributed by atoms with Crippen LogP contribution in [0.2, 0.25) is 0 Å². The van der Waals surface area contributed by atoms with Crippen molar-refractivity contribution >= 4 is 5.91 Å². The number of fused-ring (bicyclic) bond motifs is 1. The molecule has 0 radical (unpaired) electrons. The summed E-state index contributed by atoms with van der Waals surface area (Å²) in [6, 6.07) is 9.23. The van der Waals surface area contributed by atoms with Crippen LogP contribution in [0.5, 0.6) is 11.5 Å². The lowest BCUT2D eigenvalue weighted by Crippen LogP contribution is -2.27. The normalized spacial score (nSPS) is 12.3. The molecule has 0 atom stereocenters. The van der Waals surface area contributed by atoms with Gasteiger partial charge in [0.15, 0.2) is 11.5 Å². The van der Waals surface area contributed by atoms with Crippen molar-refractivity contribution in [1.82, 2.24) is 9.88 Å². The maximum Gasteiger partial charge on any atom is 0.268 e. The Kier molecular flexibility index (Phi) is 5.20. The van der Waals surface area contributed by atoms with Crippen molar-refractivity contribution in [2.75, 3.05) is 6.79 Å². The molecule has 0 unspecified atom stereocenters. The van der Waals surface area contributed by atoms with Crippen molar-refractivity contribution in [3.05, 3.63) is 81.7 Å². The first-order valence-electron chi connectivity index (χ1n) is 9.62. The Labute approximate surface area is 173 Å². The smallest absolute Gasteiger partial charge is 0.268 e. The summed E-state index contributed by atoms with van der Waals surface area (Å²) in [7, 11) is 0. The molecule has 7 heteroatoms. The number of amides is 1. The first-order chi connectivity index (χ1) is 14.4. The van der Waals surface area contributed by atoms with Crippen LogP contribution in [0.1, 0.15) is 38.4 Å². The second-order valence-electron chi connectivity index (χ2n) is 7.34. The van der Waals surface area contributed by atoms with E-state index in [1.54, 1.807) is 10.6 Å². The molecule has 0 saturated carbocycles. The molecule has 1 N–H and O–H groups in total. The van der Waals surface area contributed by atoms with E-state index >= 15 is 0 Å².